The van der Waals surface area contributed by atoms with E-state index in [1.807, 2.05) is 31.4 Å². The Labute approximate surface area is 132 Å². The van der Waals surface area contributed by atoms with E-state index in [2.05, 4.69) is 32.3 Å². The molecule has 110 valence electrons. The second-order valence-electron chi connectivity index (χ2n) is 5.46. The van der Waals surface area contributed by atoms with E-state index in [-0.39, 0.29) is 17.8 Å². The Bertz CT molecular complexity index is 644. The molecule has 0 spiro atoms. The Hall–Kier alpha value is -1.26. The molecule has 0 amide bonds. The monoisotopic (exact) mass is 348 g/mol. The average molecular weight is 349 g/mol. The van der Waals surface area contributed by atoms with Crippen molar-refractivity contribution in [3.05, 3.63) is 63.6 Å². The number of aromatic nitrogens is 1. The number of fused-ring (bicyclic) bond motifs is 1. The van der Waals surface area contributed by atoms with Crippen molar-refractivity contribution in [2.24, 2.45) is 0 Å². The number of pyridine rings is 1. The summed E-state index contributed by atoms with van der Waals surface area (Å²) < 4.78 is 15.0. The smallest absolute Gasteiger partial charge is 0.142 e. The summed E-state index contributed by atoms with van der Waals surface area (Å²) in [6, 6.07) is 9.54. The molecule has 1 N–H and O–H groups in total. The number of hydrogen-bond donors (Lipinski definition) is 1. The molecule has 1 aromatic carbocycles. The molecule has 0 radical (unpaired) electrons. The highest BCUT2D eigenvalue weighted by molar-refractivity contribution is 9.10. The lowest BCUT2D eigenvalue weighted by atomic mass is 9.79. The zero-order valence-corrected chi connectivity index (χ0v) is 13.5. The minimum Gasteiger partial charge on any atom is -0.312 e. The SMILES string of the molecule is CNC(c1cccc(Br)c1F)C1CCCc2cccnc21. The van der Waals surface area contributed by atoms with Crippen LogP contribution < -0.4 is 5.32 Å². The molecule has 2 aromatic rings. The van der Waals surface area contributed by atoms with Crippen molar-refractivity contribution in [2.75, 3.05) is 7.05 Å². The van der Waals surface area contributed by atoms with Gasteiger partial charge in [-0.2, -0.15) is 0 Å². The van der Waals surface area contributed by atoms with Crippen molar-refractivity contribution in [2.45, 2.75) is 31.2 Å². The van der Waals surface area contributed by atoms with E-state index in [0.717, 1.165) is 25.0 Å². The van der Waals surface area contributed by atoms with E-state index in [0.29, 0.717) is 10.0 Å². The van der Waals surface area contributed by atoms with Gasteiger partial charge in [-0.05, 0) is 59.9 Å². The molecule has 0 saturated heterocycles. The quantitative estimate of drug-likeness (QED) is 0.890. The van der Waals surface area contributed by atoms with E-state index in [9.17, 15) is 4.39 Å². The first-order chi connectivity index (χ1) is 10.2. The van der Waals surface area contributed by atoms with Crippen LogP contribution in [0.25, 0.3) is 0 Å². The summed E-state index contributed by atoms with van der Waals surface area (Å²) in [6.07, 6.45) is 5.05. The van der Waals surface area contributed by atoms with Crippen molar-refractivity contribution in [3.63, 3.8) is 0 Å². The third-order valence-corrected chi connectivity index (χ3v) is 4.88. The van der Waals surface area contributed by atoms with E-state index >= 15 is 0 Å². The van der Waals surface area contributed by atoms with Gasteiger partial charge < -0.3 is 5.32 Å². The van der Waals surface area contributed by atoms with E-state index in [1.54, 1.807) is 6.07 Å². The summed E-state index contributed by atoms with van der Waals surface area (Å²) in [5.41, 5.74) is 3.11. The highest BCUT2D eigenvalue weighted by Gasteiger charge is 2.31. The largest absolute Gasteiger partial charge is 0.312 e. The van der Waals surface area contributed by atoms with Gasteiger partial charge in [-0.25, -0.2) is 4.39 Å². The van der Waals surface area contributed by atoms with Gasteiger partial charge in [0.1, 0.15) is 5.82 Å². The summed E-state index contributed by atoms with van der Waals surface area (Å²) >= 11 is 3.28. The van der Waals surface area contributed by atoms with Crippen LogP contribution in [0.1, 0.15) is 41.6 Å². The molecular weight excluding hydrogens is 331 g/mol. The van der Waals surface area contributed by atoms with Crippen molar-refractivity contribution in [3.8, 4) is 0 Å². The van der Waals surface area contributed by atoms with Gasteiger partial charge in [0.2, 0.25) is 0 Å². The lowest BCUT2D eigenvalue weighted by Gasteiger charge is -2.31. The molecule has 0 fully saturated rings. The highest BCUT2D eigenvalue weighted by atomic mass is 79.9. The molecule has 3 rings (SSSR count). The van der Waals surface area contributed by atoms with Crippen molar-refractivity contribution in [1.29, 1.82) is 0 Å². The van der Waals surface area contributed by atoms with Gasteiger partial charge in [0.25, 0.3) is 0 Å². The van der Waals surface area contributed by atoms with Crippen LogP contribution in [0.5, 0.6) is 0 Å². The number of halogens is 2. The molecule has 2 unspecified atom stereocenters. The number of aryl methyl sites for hydroxylation is 1. The molecule has 0 bridgehead atoms. The van der Waals surface area contributed by atoms with Crippen LogP contribution in [-0.2, 0) is 6.42 Å². The normalized spacial score (nSPS) is 19.1. The predicted octanol–water partition coefficient (Wildman–Crippen LogP) is 4.36. The fourth-order valence-corrected chi connectivity index (χ4v) is 3.69. The summed E-state index contributed by atoms with van der Waals surface area (Å²) in [5, 5.41) is 3.30. The van der Waals surface area contributed by atoms with Crippen LogP contribution in [0, 0.1) is 5.82 Å². The highest BCUT2D eigenvalue weighted by Crippen LogP contribution is 2.40. The van der Waals surface area contributed by atoms with Gasteiger partial charge in [-0.3, -0.25) is 4.98 Å². The van der Waals surface area contributed by atoms with E-state index in [4.69, 9.17) is 0 Å². The van der Waals surface area contributed by atoms with Crippen LogP contribution in [0.4, 0.5) is 4.39 Å². The lowest BCUT2D eigenvalue weighted by molar-refractivity contribution is 0.402. The Morgan fingerprint density at radius 1 is 1.33 bits per heavy atom. The van der Waals surface area contributed by atoms with Crippen LogP contribution in [-0.4, -0.2) is 12.0 Å². The molecule has 21 heavy (non-hydrogen) atoms. The summed E-state index contributed by atoms with van der Waals surface area (Å²) in [7, 11) is 1.89. The molecule has 1 aromatic heterocycles. The first-order valence-corrected chi connectivity index (χ1v) is 8.06. The van der Waals surface area contributed by atoms with Crippen LogP contribution in [0.15, 0.2) is 41.0 Å². The Morgan fingerprint density at radius 2 is 2.19 bits per heavy atom. The zero-order chi connectivity index (χ0) is 14.8. The van der Waals surface area contributed by atoms with Crippen LogP contribution >= 0.6 is 15.9 Å². The van der Waals surface area contributed by atoms with Gasteiger partial charge in [0, 0.05) is 29.4 Å². The van der Waals surface area contributed by atoms with Gasteiger partial charge in [-0.15, -0.1) is 0 Å². The number of hydrogen-bond acceptors (Lipinski definition) is 2. The molecule has 1 aliphatic carbocycles. The third kappa shape index (κ3) is 2.74. The molecule has 0 saturated carbocycles. The maximum absolute atomic E-state index is 14.5. The maximum atomic E-state index is 14.5. The Morgan fingerprint density at radius 3 is 3.00 bits per heavy atom. The third-order valence-electron chi connectivity index (χ3n) is 4.27. The number of benzene rings is 1. The first-order valence-electron chi connectivity index (χ1n) is 7.27. The Kier molecular flexibility index (Phi) is 4.36. The average Bonchev–Trinajstić information content (AvgIpc) is 2.52. The fraction of sp³-hybridized carbons (Fsp3) is 0.353. The van der Waals surface area contributed by atoms with Crippen LogP contribution in [0.2, 0.25) is 0 Å². The molecule has 0 aliphatic heterocycles. The zero-order valence-electron chi connectivity index (χ0n) is 11.9. The molecule has 1 heterocycles. The van der Waals surface area contributed by atoms with Gasteiger partial charge in [0.05, 0.1) is 4.47 Å². The standard InChI is InChI=1S/C17H18BrFN2/c1-20-17(12-7-3-9-14(18)15(12)19)13-8-2-5-11-6-4-10-21-16(11)13/h3-4,6-7,9-10,13,17,20H,2,5,8H2,1H3. The van der Waals surface area contributed by atoms with Crippen molar-refractivity contribution < 1.29 is 4.39 Å². The second-order valence-corrected chi connectivity index (χ2v) is 6.31. The van der Waals surface area contributed by atoms with E-state index in [1.165, 1.54) is 5.56 Å². The van der Waals surface area contributed by atoms with Crippen molar-refractivity contribution >= 4 is 15.9 Å². The molecule has 4 heteroatoms. The van der Waals surface area contributed by atoms with Crippen LogP contribution in [0.3, 0.4) is 0 Å². The first kappa shape index (κ1) is 14.7. The van der Waals surface area contributed by atoms with E-state index < -0.39 is 0 Å². The Balaban J connectivity index is 2.04. The lowest BCUT2D eigenvalue weighted by Crippen LogP contribution is -2.28. The number of nitrogens with zero attached hydrogens (tertiary/aromatic N) is 1. The van der Waals surface area contributed by atoms with Gasteiger partial charge in [0.15, 0.2) is 0 Å². The molecule has 1 aliphatic rings. The summed E-state index contributed by atoms with van der Waals surface area (Å²) in [4.78, 5) is 4.57. The van der Waals surface area contributed by atoms with Gasteiger partial charge in [-0.1, -0.05) is 18.2 Å². The topological polar surface area (TPSA) is 24.9 Å². The van der Waals surface area contributed by atoms with Gasteiger partial charge >= 0.3 is 0 Å². The molecular formula is C17H18BrFN2. The number of nitrogens with one attached hydrogen (secondary N) is 1. The summed E-state index contributed by atoms with van der Waals surface area (Å²) in [6.45, 7) is 0. The fourth-order valence-electron chi connectivity index (χ4n) is 3.30. The minimum absolute atomic E-state index is 0.0588. The second kappa shape index (κ2) is 6.24. The number of rotatable bonds is 3. The molecule has 2 atom stereocenters. The van der Waals surface area contributed by atoms with Crippen molar-refractivity contribution in [1.82, 2.24) is 10.3 Å². The number of likely N-dealkylation sites (N-methyl/N-ethyl adjacent to an activating group) is 1. The molecule has 2 nitrogen and oxygen atoms in total. The predicted molar refractivity (Wildman–Crippen MR) is 85.8 cm³/mol. The summed E-state index contributed by atoms with van der Waals surface area (Å²) in [5.74, 6) is 0.0312. The minimum atomic E-state index is -0.181. The maximum Gasteiger partial charge on any atom is 0.142 e.